The molecule has 1 aliphatic heterocycles. The molecule has 4 aromatic carbocycles. The van der Waals surface area contributed by atoms with Crippen molar-refractivity contribution >= 4 is 32.9 Å². The number of benzene rings is 4. The van der Waals surface area contributed by atoms with E-state index in [9.17, 15) is 0 Å². The van der Waals surface area contributed by atoms with E-state index in [0.717, 1.165) is 24.2 Å². The maximum absolute atomic E-state index is 5.00. The number of hydrogen-bond donors (Lipinski definition) is 0. The van der Waals surface area contributed by atoms with Gasteiger partial charge in [0.25, 0.3) is 0 Å². The Morgan fingerprint density at radius 3 is 1.33 bits per heavy atom. The van der Waals surface area contributed by atoms with E-state index in [0.29, 0.717) is 0 Å². The molecule has 113 valence electrons. The van der Waals surface area contributed by atoms with Gasteiger partial charge in [0.05, 0.1) is 0 Å². The molecule has 1 aliphatic rings. The van der Waals surface area contributed by atoms with E-state index in [1.54, 1.807) is 0 Å². The number of rotatable bonds is 0. The van der Waals surface area contributed by atoms with Gasteiger partial charge in [-0.05, 0) is 34.4 Å². The van der Waals surface area contributed by atoms with Gasteiger partial charge in [0.2, 0.25) is 0 Å². The molecule has 24 heavy (non-hydrogen) atoms. The van der Waals surface area contributed by atoms with Crippen LogP contribution in [0.2, 0.25) is 0 Å². The second-order valence-corrected chi connectivity index (χ2v) is 6.27. The first-order valence-electron chi connectivity index (χ1n) is 8.12. The van der Waals surface area contributed by atoms with Gasteiger partial charge in [-0.3, -0.25) is 0 Å². The monoisotopic (exact) mass is 383 g/mol. The molecule has 0 fully saturated rings. The minimum Gasteiger partial charge on any atom is -0.657 e. The average Bonchev–Trinajstić information content (AvgIpc) is 2.76. The molecule has 0 saturated carbocycles. The van der Waals surface area contributed by atoms with Gasteiger partial charge < -0.3 is 5.32 Å². The van der Waals surface area contributed by atoms with Crippen LogP contribution in [-0.4, -0.2) is 0 Å². The van der Waals surface area contributed by atoms with Crippen LogP contribution in [0, 0.1) is 0 Å². The van der Waals surface area contributed by atoms with Gasteiger partial charge >= 0.3 is 0 Å². The topological polar surface area (TPSA) is 14.1 Å². The minimum absolute atomic E-state index is 0. The zero-order valence-electron chi connectivity index (χ0n) is 13.4. The van der Waals surface area contributed by atoms with Crippen LogP contribution >= 0.6 is 0 Å². The van der Waals surface area contributed by atoms with E-state index in [2.05, 4.69) is 72.8 Å². The van der Waals surface area contributed by atoms with Crippen LogP contribution in [0.15, 0.2) is 72.8 Å². The molecule has 0 N–H and O–H groups in total. The first-order chi connectivity index (χ1) is 11.4. The van der Waals surface area contributed by atoms with Crippen LogP contribution in [0.1, 0.15) is 11.1 Å². The number of hydrogen-bond acceptors (Lipinski definition) is 0. The minimum atomic E-state index is 0. The molecule has 1 radical (unpaired) electrons. The molecule has 0 spiro atoms. The third-order valence-corrected chi connectivity index (χ3v) is 4.80. The molecule has 0 atom stereocenters. The van der Waals surface area contributed by atoms with Gasteiger partial charge in [-0.15, -0.1) is 11.4 Å². The molecule has 2 heteroatoms. The Hall–Kier alpha value is -1.70. The number of nitrogens with zero attached hydrogens (tertiary/aromatic N) is 1. The Kier molecular flexibility index (Phi) is 4.16. The van der Waals surface area contributed by atoms with Crippen molar-refractivity contribution in [2.24, 2.45) is 0 Å². The van der Waals surface area contributed by atoms with Crippen molar-refractivity contribution in [2.45, 2.75) is 12.8 Å². The van der Waals surface area contributed by atoms with E-state index in [-0.39, 0.29) is 32.7 Å². The van der Waals surface area contributed by atoms with Crippen LogP contribution in [0.25, 0.3) is 26.9 Å². The first-order valence-corrected chi connectivity index (χ1v) is 8.12. The van der Waals surface area contributed by atoms with Crippen molar-refractivity contribution in [1.82, 2.24) is 0 Å². The van der Waals surface area contributed by atoms with Crippen molar-refractivity contribution in [3.05, 3.63) is 89.2 Å². The summed E-state index contributed by atoms with van der Waals surface area (Å²) in [5.41, 5.74) is 4.95. The van der Waals surface area contributed by atoms with Crippen molar-refractivity contribution in [3.8, 4) is 0 Å². The standard InChI is InChI=1S/C22H16N.Y/c1-3-7-17-13-21-19(11-15(17)5-1)9-10-20-12-16-6-2-4-8-18(16)14-22(20)23-21;/h1-8,11-14H,9-10H2;/q-1;. The van der Waals surface area contributed by atoms with Gasteiger partial charge in [0.1, 0.15) is 0 Å². The fourth-order valence-corrected chi connectivity index (χ4v) is 3.56. The summed E-state index contributed by atoms with van der Waals surface area (Å²) in [5, 5.41) is 10.1. The predicted octanol–water partition coefficient (Wildman–Crippen LogP) is 6.43. The van der Waals surface area contributed by atoms with E-state index in [1.165, 1.54) is 32.7 Å². The van der Waals surface area contributed by atoms with E-state index in [4.69, 9.17) is 5.32 Å². The van der Waals surface area contributed by atoms with Crippen LogP contribution < -0.4 is 0 Å². The van der Waals surface area contributed by atoms with Crippen molar-refractivity contribution in [3.63, 3.8) is 0 Å². The Labute approximate surface area is 167 Å². The van der Waals surface area contributed by atoms with Crippen LogP contribution in [0.4, 0.5) is 11.4 Å². The smallest absolute Gasteiger partial charge is 0 e. The van der Waals surface area contributed by atoms with Crippen LogP contribution in [0.3, 0.4) is 0 Å². The molecule has 0 bridgehead atoms. The third-order valence-electron chi connectivity index (χ3n) is 4.80. The van der Waals surface area contributed by atoms with Gasteiger partial charge in [-0.2, -0.15) is 0 Å². The van der Waals surface area contributed by atoms with Crippen LogP contribution in [-0.2, 0) is 45.6 Å². The Balaban J connectivity index is 0.00000146. The summed E-state index contributed by atoms with van der Waals surface area (Å²) in [4.78, 5) is 0. The number of fused-ring (bicyclic) bond motifs is 4. The number of aryl methyl sites for hydroxylation is 2. The molecule has 1 nitrogen and oxygen atoms in total. The molecule has 0 aromatic heterocycles. The largest absolute Gasteiger partial charge is 0.657 e. The normalized spacial score (nSPS) is 12.7. The molecule has 0 unspecified atom stereocenters. The summed E-state index contributed by atoms with van der Waals surface area (Å²) in [6, 6.07) is 26.1. The second kappa shape index (κ2) is 6.31. The Morgan fingerprint density at radius 1 is 0.542 bits per heavy atom. The zero-order valence-corrected chi connectivity index (χ0v) is 16.2. The van der Waals surface area contributed by atoms with Crippen molar-refractivity contribution in [1.29, 1.82) is 0 Å². The molecule has 0 saturated heterocycles. The van der Waals surface area contributed by atoms with Gasteiger partial charge in [-0.25, -0.2) is 0 Å². The summed E-state index contributed by atoms with van der Waals surface area (Å²) < 4.78 is 0. The molecular weight excluding hydrogens is 367 g/mol. The summed E-state index contributed by atoms with van der Waals surface area (Å²) >= 11 is 0. The SMILES string of the molecule is [Y].c1ccc2cc3c(cc2c1)CCc1cc2ccccc2cc1[N-]3. The summed E-state index contributed by atoms with van der Waals surface area (Å²) in [6.07, 6.45) is 2.10. The molecule has 1 heterocycles. The summed E-state index contributed by atoms with van der Waals surface area (Å²) in [5.74, 6) is 0. The Bertz CT molecular complexity index is 967. The second-order valence-electron chi connectivity index (χ2n) is 6.27. The molecule has 0 amide bonds. The Morgan fingerprint density at radius 2 is 0.917 bits per heavy atom. The quantitative estimate of drug-likeness (QED) is 0.332. The third kappa shape index (κ3) is 2.66. The fraction of sp³-hybridized carbons (Fsp3) is 0.0909. The predicted molar refractivity (Wildman–Crippen MR) is 98.0 cm³/mol. The van der Waals surface area contributed by atoms with E-state index >= 15 is 0 Å². The molecule has 4 aromatic rings. The zero-order chi connectivity index (χ0) is 15.2. The van der Waals surface area contributed by atoms with Gasteiger partial charge in [0.15, 0.2) is 0 Å². The fourth-order valence-electron chi connectivity index (χ4n) is 3.56. The maximum atomic E-state index is 5.00. The maximum Gasteiger partial charge on any atom is 0 e. The molecule has 0 aliphatic carbocycles. The molecular formula is C22H16NY-. The molecule has 5 rings (SSSR count). The summed E-state index contributed by atoms with van der Waals surface area (Å²) in [7, 11) is 0. The van der Waals surface area contributed by atoms with Gasteiger partial charge in [-0.1, -0.05) is 83.9 Å². The first kappa shape index (κ1) is 15.8. The summed E-state index contributed by atoms with van der Waals surface area (Å²) in [6.45, 7) is 0. The van der Waals surface area contributed by atoms with Crippen molar-refractivity contribution in [2.75, 3.05) is 0 Å². The van der Waals surface area contributed by atoms with Gasteiger partial charge in [0, 0.05) is 32.7 Å². The van der Waals surface area contributed by atoms with E-state index in [1.807, 2.05) is 0 Å². The van der Waals surface area contributed by atoms with Crippen LogP contribution in [0.5, 0.6) is 0 Å². The van der Waals surface area contributed by atoms with Crippen molar-refractivity contribution < 1.29 is 32.7 Å². The average molecular weight is 383 g/mol. The van der Waals surface area contributed by atoms with E-state index < -0.39 is 0 Å².